The Labute approximate surface area is 281 Å². The summed E-state index contributed by atoms with van der Waals surface area (Å²) in [6.45, 7) is 13.9. The summed E-state index contributed by atoms with van der Waals surface area (Å²) < 4.78 is 24.5. The number of aliphatic hydroxyl groups excluding tert-OH is 1. The zero-order chi connectivity index (χ0) is 33.1. The Morgan fingerprint density at radius 2 is 1.74 bits per heavy atom. The Hall–Kier alpha value is -1.48. The normalized spacial score (nSPS) is 51.3. The summed E-state index contributed by atoms with van der Waals surface area (Å²) in [7, 11) is 1.40. The second kappa shape index (κ2) is 11.0. The number of morpholine rings is 1. The number of fused-ring (bicyclic) bond motifs is 4. The molecule has 8 rings (SSSR count). The Morgan fingerprint density at radius 3 is 2.49 bits per heavy atom. The van der Waals surface area contributed by atoms with Crippen molar-refractivity contribution in [2.75, 3.05) is 26.8 Å². The Morgan fingerprint density at radius 1 is 1.00 bits per heavy atom. The number of nitrogens with zero attached hydrogens (tertiary/aromatic N) is 1. The highest BCUT2D eigenvalue weighted by Gasteiger charge is 2.84. The van der Waals surface area contributed by atoms with Crippen LogP contribution in [0, 0.1) is 56.7 Å². The fourth-order valence-corrected chi connectivity index (χ4v) is 13.7. The monoisotopic (exact) mass is 653 g/mol. The van der Waals surface area contributed by atoms with Gasteiger partial charge < -0.3 is 29.0 Å². The van der Waals surface area contributed by atoms with Crippen molar-refractivity contribution in [2.45, 2.75) is 136 Å². The van der Waals surface area contributed by atoms with Gasteiger partial charge >= 0.3 is 5.97 Å². The molecular formula is C39H59NO7. The van der Waals surface area contributed by atoms with E-state index in [2.05, 4.69) is 34.6 Å². The lowest BCUT2D eigenvalue weighted by atomic mass is 9.41. The summed E-state index contributed by atoms with van der Waals surface area (Å²) in [6.07, 6.45) is 14.3. The van der Waals surface area contributed by atoms with E-state index in [0.29, 0.717) is 61.1 Å². The maximum absolute atomic E-state index is 12.9. The molecule has 0 aromatic rings. The van der Waals surface area contributed by atoms with Gasteiger partial charge in [-0.1, -0.05) is 34.6 Å². The van der Waals surface area contributed by atoms with Crippen molar-refractivity contribution >= 4 is 11.9 Å². The SMILES string of the molecule is COC(=O)/C=C/C1C[C@@H](C)C2C(O1)[C@H](O)[C@@]1(C)[C@@H]3CCC4C(C)(C)[C@@H](OC5CN(C(=O)CC6CC6)CCO5)CC[C@@]45CC35CC[C@]21C. The molecule has 8 nitrogen and oxygen atoms in total. The van der Waals surface area contributed by atoms with Crippen LogP contribution in [0.25, 0.3) is 0 Å². The minimum absolute atomic E-state index is 0.0109. The zero-order valence-corrected chi connectivity index (χ0v) is 29.7. The Balaban J connectivity index is 0.997. The van der Waals surface area contributed by atoms with E-state index in [1.807, 2.05) is 11.0 Å². The molecule has 2 spiro atoms. The number of hydrogen-bond donors (Lipinski definition) is 1. The van der Waals surface area contributed by atoms with Crippen molar-refractivity contribution in [3.8, 4) is 0 Å². The van der Waals surface area contributed by atoms with Gasteiger partial charge in [0, 0.05) is 24.5 Å². The number of hydrogen-bond acceptors (Lipinski definition) is 7. The quantitative estimate of drug-likeness (QED) is 0.282. The van der Waals surface area contributed by atoms with Crippen LogP contribution in [0.4, 0.5) is 0 Å². The fraction of sp³-hybridized carbons (Fsp3) is 0.897. The van der Waals surface area contributed by atoms with Crippen LogP contribution in [0.5, 0.6) is 0 Å². The van der Waals surface area contributed by atoms with Crippen LogP contribution in [-0.2, 0) is 28.5 Å². The third kappa shape index (κ3) is 4.58. The third-order valence-electron chi connectivity index (χ3n) is 16.3. The van der Waals surface area contributed by atoms with Crippen LogP contribution in [0.15, 0.2) is 12.2 Å². The molecule has 8 aliphatic rings. The average molecular weight is 654 g/mol. The van der Waals surface area contributed by atoms with Gasteiger partial charge in [0.1, 0.15) is 0 Å². The first-order valence-corrected chi connectivity index (χ1v) is 19.0. The summed E-state index contributed by atoms with van der Waals surface area (Å²) in [5.74, 6) is 2.26. The minimum Gasteiger partial charge on any atom is -0.466 e. The summed E-state index contributed by atoms with van der Waals surface area (Å²) in [4.78, 5) is 26.7. The molecule has 0 bridgehead atoms. The summed E-state index contributed by atoms with van der Waals surface area (Å²) >= 11 is 0. The van der Waals surface area contributed by atoms with E-state index in [4.69, 9.17) is 18.9 Å². The maximum atomic E-state index is 12.9. The number of rotatable bonds is 6. The van der Waals surface area contributed by atoms with Crippen LogP contribution in [0.2, 0.25) is 0 Å². The molecule has 8 fully saturated rings. The van der Waals surface area contributed by atoms with Crippen LogP contribution < -0.4 is 0 Å². The molecule has 2 saturated heterocycles. The number of aliphatic hydroxyl groups is 1. The lowest BCUT2D eigenvalue weighted by Gasteiger charge is -2.63. The largest absolute Gasteiger partial charge is 0.466 e. The first-order chi connectivity index (χ1) is 22.3. The number of carbonyl (C=O) groups excluding carboxylic acids is 2. The van der Waals surface area contributed by atoms with Gasteiger partial charge in [-0.05, 0) is 122 Å². The van der Waals surface area contributed by atoms with Crippen molar-refractivity contribution in [3.05, 3.63) is 12.2 Å². The summed E-state index contributed by atoms with van der Waals surface area (Å²) in [5, 5.41) is 12.4. The van der Waals surface area contributed by atoms with Crippen molar-refractivity contribution in [1.29, 1.82) is 0 Å². The van der Waals surface area contributed by atoms with Crippen LogP contribution in [0.3, 0.4) is 0 Å². The maximum Gasteiger partial charge on any atom is 0.330 e. The third-order valence-corrected chi connectivity index (χ3v) is 16.3. The summed E-state index contributed by atoms with van der Waals surface area (Å²) in [5.41, 5.74) is 0.402. The second-order valence-corrected chi connectivity index (χ2v) is 18.3. The predicted molar refractivity (Wildman–Crippen MR) is 176 cm³/mol. The zero-order valence-electron chi connectivity index (χ0n) is 29.7. The van der Waals surface area contributed by atoms with E-state index in [1.54, 1.807) is 0 Å². The molecular weight excluding hydrogens is 594 g/mol. The van der Waals surface area contributed by atoms with E-state index in [0.717, 1.165) is 25.7 Å². The van der Waals surface area contributed by atoms with Gasteiger partial charge in [-0.2, -0.15) is 0 Å². The van der Waals surface area contributed by atoms with Gasteiger partial charge in [0.25, 0.3) is 0 Å². The molecule has 0 radical (unpaired) electrons. The van der Waals surface area contributed by atoms with Gasteiger partial charge in [0.15, 0.2) is 6.29 Å². The molecule has 47 heavy (non-hydrogen) atoms. The molecule has 262 valence electrons. The van der Waals surface area contributed by atoms with E-state index in [-0.39, 0.29) is 58.1 Å². The Bertz CT molecular complexity index is 1310. The van der Waals surface area contributed by atoms with Gasteiger partial charge in [-0.25, -0.2) is 4.79 Å². The molecule has 2 heterocycles. The number of ether oxygens (including phenoxy) is 4. The van der Waals surface area contributed by atoms with Crippen molar-refractivity contribution < 1.29 is 33.6 Å². The molecule has 13 atom stereocenters. The fourth-order valence-electron chi connectivity index (χ4n) is 13.7. The molecule has 1 N–H and O–H groups in total. The number of amides is 1. The van der Waals surface area contributed by atoms with Gasteiger partial charge in [0.2, 0.25) is 5.91 Å². The second-order valence-electron chi connectivity index (χ2n) is 18.3. The molecule has 6 aliphatic carbocycles. The number of methoxy groups -OCH3 is 1. The number of carbonyl (C=O) groups is 2. The topological polar surface area (TPSA) is 94.5 Å². The highest BCUT2D eigenvalue weighted by atomic mass is 16.7. The van der Waals surface area contributed by atoms with Gasteiger partial charge in [-0.3, -0.25) is 4.79 Å². The van der Waals surface area contributed by atoms with E-state index >= 15 is 0 Å². The van der Waals surface area contributed by atoms with Crippen molar-refractivity contribution in [2.24, 2.45) is 56.7 Å². The van der Waals surface area contributed by atoms with Crippen molar-refractivity contribution in [3.63, 3.8) is 0 Å². The standard InChI is InChI=1S/C39H59NO7/c1-23-19-25(9-12-30(42)44-6)46-33-32(23)36(4)15-16-39-22-38(39)14-13-28(35(2,3)26(38)10-11-27(39)37(36,5)34(33)43)47-31-21-40(17-18-45-31)29(41)20-24-7-8-24/h9,12,23-28,31-34,43H,7-8,10-11,13-22H2,1-6H3/b12-9+/t23-,25?,26?,27+,28+,31?,32?,33?,34+,36-,37-,38-,39?/m1/s1. The van der Waals surface area contributed by atoms with E-state index < -0.39 is 6.10 Å². The van der Waals surface area contributed by atoms with Crippen LogP contribution >= 0.6 is 0 Å². The minimum atomic E-state index is -0.521. The first-order valence-electron chi connectivity index (χ1n) is 19.0. The first kappa shape index (κ1) is 32.7. The van der Waals surface area contributed by atoms with Gasteiger partial charge in [-0.15, -0.1) is 0 Å². The smallest absolute Gasteiger partial charge is 0.330 e. The lowest BCUT2D eigenvalue weighted by Crippen LogP contribution is -2.60. The predicted octanol–water partition coefficient (Wildman–Crippen LogP) is 5.90. The molecule has 1 amide bonds. The van der Waals surface area contributed by atoms with E-state index in [1.165, 1.54) is 51.7 Å². The summed E-state index contributed by atoms with van der Waals surface area (Å²) in [6, 6.07) is 0. The highest BCUT2D eigenvalue weighted by Crippen LogP contribution is 2.89. The molecule has 0 aromatic carbocycles. The molecule has 0 aromatic heterocycles. The van der Waals surface area contributed by atoms with E-state index in [9.17, 15) is 14.7 Å². The molecule has 6 saturated carbocycles. The highest BCUT2D eigenvalue weighted by molar-refractivity contribution is 5.81. The number of esters is 1. The molecule has 8 heteroatoms. The Kier molecular flexibility index (Phi) is 7.66. The van der Waals surface area contributed by atoms with Crippen LogP contribution in [-0.4, -0.2) is 79.4 Å². The molecule has 2 aliphatic heterocycles. The van der Waals surface area contributed by atoms with Gasteiger partial charge in [0.05, 0.1) is 44.7 Å². The average Bonchev–Trinajstić information content (AvgIpc) is 3.96. The lowest BCUT2D eigenvalue weighted by molar-refractivity contribution is -0.248. The van der Waals surface area contributed by atoms with Crippen LogP contribution in [0.1, 0.15) is 105 Å². The molecule has 6 unspecified atom stereocenters. The van der Waals surface area contributed by atoms with Crippen molar-refractivity contribution in [1.82, 2.24) is 4.90 Å².